The second-order valence-electron chi connectivity index (χ2n) is 4.47. The largest absolute Gasteiger partial charge is 0.492 e. The van der Waals surface area contributed by atoms with Crippen LogP contribution in [0.2, 0.25) is 0 Å². The molecule has 0 bridgehead atoms. The Morgan fingerprint density at radius 1 is 1.33 bits per heavy atom. The van der Waals surface area contributed by atoms with Gasteiger partial charge in [-0.2, -0.15) is 9.78 Å². The molecule has 108 valence electrons. The molecule has 0 aliphatic carbocycles. The minimum absolute atomic E-state index is 0.551. The normalized spacial score (nSPS) is 10.8. The average molecular weight is 285 g/mol. The zero-order valence-corrected chi connectivity index (χ0v) is 11.8. The van der Waals surface area contributed by atoms with Gasteiger partial charge in [-0.15, -0.1) is 5.10 Å². The van der Waals surface area contributed by atoms with E-state index in [1.807, 2.05) is 32.3 Å². The van der Waals surface area contributed by atoms with Crippen molar-refractivity contribution in [1.29, 1.82) is 0 Å². The van der Waals surface area contributed by atoms with E-state index in [0.29, 0.717) is 23.9 Å². The van der Waals surface area contributed by atoms with Crippen LogP contribution >= 0.6 is 0 Å². The summed E-state index contributed by atoms with van der Waals surface area (Å²) in [5.41, 5.74) is 8.13. The van der Waals surface area contributed by atoms with Crippen molar-refractivity contribution in [1.82, 2.24) is 30.0 Å². The number of tetrazole rings is 1. The van der Waals surface area contributed by atoms with Gasteiger partial charge in [0.05, 0.1) is 24.7 Å². The SMILES string of the molecule is CCOc1ccc(-c2nnnn2-c2cnn(C)c2)cc1N. The van der Waals surface area contributed by atoms with Gasteiger partial charge in [-0.25, -0.2) is 0 Å². The summed E-state index contributed by atoms with van der Waals surface area (Å²) >= 11 is 0. The molecule has 1 aromatic carbocycles. The van der Waals surface area contributed by atoms with Crippen molar-refractivity contribution < 1.29 is 4.74 Å². The molecule has 8 nitrogen and oxygen atoms in total. The lowest BCUT2D eigenvalue weighted by atomic mass is 10.1. The molecule has 0 aliphatic rings. The van der Waals surface area contributed by atoms with E-state index in [2.05, 4.69) is 20.6 Å². The fourth-order valence-corrected chi connectivity index (χ4v) is 2.03. The van der Waals surface area contributed by atoms with Crippen molar-refractivity contribution >= 4 is 5.69 Å². The van der Waals surface area contributed by atoms with Crippen LogP contribution in [0.25, 0.3) is 17.1 Å². The lowest BCUT2D eigenvalue weighted by Gasteiger charge is -2.08. The third-order valence-corrected chi connectivity index (χ3v) is 2.97. The smallest absolute Gasteiger partial charge is 0.187 e. The first-order valence-corrected chi connectivity index (χ1v) is 6.49. The summed E-state index contributed by atoms with van der Waals surface area (Å²) in [7, 11) is 1.84. The molecular weight excluding hydrogens is 270 g/mol. The van der Waals surface area contributed by atoms with Crippen molar-refractivity contribution in [2.45, 2.75) is 6.92 Å². The summed E-state index contributed by atoms with van der Waals surface area (Å²) in [4.78, 5) is 0. The molecule has 0 radical (unpaired) electrons. The maximum atomic E-state index is 5.99. The summed E-state index contributed by atoms with van der Waals surface area (Å²) < 4.78 is 8.73. The molecule has 0 saturated heterocycles. The molecule has 2 N–H and O–H groups in total. The van der Waals surface area contributed by atoms with Crippen molar-refractivity contribution in [2.75, 3.05) is 12.3 Å². The number of nitrogens with two attached hydrogens (primary N) is 1. The van der Waals surface area contributed by atoms with Gasteiger partial charge >= 0.3 is 0 Å². The minimum Gasteiger partial charge on any atom is -0.492 e. The van der Waals surface area contributed by atoms with Gasteiger partial charge in [0.2, 0.25) is 0 Å². The summed E-state index contributed by atoms with van der Waals surface area (Å²) in [5.74, 6) is 1.25. The Bertz CT molecular complexity index is 761. The first kappa shape index (κ1) is 13.1. The molecule has 3 rings (SSSR count). The standard InChI is InChI=1S/C13H15N7O/c1-3-21-12-5-4-9(6-11(12)14)13-16-17-18-20(13)10-7-15-19(2)8-10/h4-8H,3,14H2,1-2H3. The Morgan fingerprint density at radius 3 is 2.86 bits per heavy atom. The van der Waals surface area contributed by atoms with E-state index in [1.165, 1.54) is 0 Å². The number of hydrogen-bond acceptors (Lipinski definition) is 6. The Balaban J connectivity index is 2.02. The van der Waals surface area contributed by atoms with Gasteiger partial charge in [-0.1, -0.05) is 0 Å². The molecule has 21 heavy (non-hydrogen) atoms. The zero-order valence-electron chi connectivity index (χ0n) is 11.8. The van der Waals surface area contributed by atoms with Crippen LogP contribution in [-0.2, 0) is 7.05 Å². The Labute approximate surface area is 121 Å². The van der Waals surface area contributed by atoms with E-state index < -0.39 is 0 Å². The summed E-state index contributed by atoms with van der Waals surface area (Å²) in [6.07, 6.45) is 3.52. The number of aromatic nitrogens is 6. The van der Waals surface area contributed by atoms with Gasteiger partial charge in [0, 0.05) is 12.6 Å². The predicted octanol–water partition coefficient (Wildman–Crippen LogP) is 1.04. The highest BCUT2D eigenvalue weighted by molar-refractivity contribution is 5.67. The number of aryl methyl sites for hydroxylation is 1. The second-order valence-corrected chi connectivity index (χ2v) is 4.47. The lowest BCUT2D eigenvalue weighted by molar-refractivity contribution is 0.342. The zero-order chi connectivity index (χ0) is 14.8. The van der Waals surface area contributed by atoms with Crippen LogP contribution < -0.4 is 10.5 Å². The minimum atomic E-state index is 0.551. The second kappa shape index (κ2) is 5.23. The van der Waals surface area contributed by atoms with Crippen LogP contribution in [0, 0.1) is 0 Å². The van der Waals surface area contributed by atoms with Gasteiger partial charge in [0.15, 0.2) is 5.82 Å². The highest BCUT2D eigenvalue weighted by atomic mass is 16.5. The number of benzene rings is 1. The highest BCUT2D eigenvalue weighted by Gasteiger charge is 2.13. The van der Waals surface area contributed by atoms with Gasteiger partial charge in [0.25, 0.3) is 0 Å². The lowest BCUT2D eigenvalue weighted by Crippen LogP contribution is -2.00. The Morgan fingerprint density at radius 2 is 2.19 bits per heavy atom. The molecule has 0 unspecified atom stereocenters. The topological polar surface area (TPSA) is 96.7 Å². The van der Waals surface area contributed by atoms with Gasteiger partial charge in [-0.3, -0.25) is 4.68 Å². The van der Waals surface area contributed by atoms with E-state index in [1.54, 1.807) is 21.6 Å². The summed E-state index contributed by atoms with van der Waals surface area (Å²) in [6.45, 7) is 2.48. The third kappa shape index (κ3) is 2.42. The molecule has 0 saturated carbocycles. The molecule has 0 amide bonds. The van der Waals surface area contributed by atoms with Gasteiger partial charge in [-0.05, 0) is 35.5 Å². The van der Waals surface area contributed by atoms with Crippen molar-refractivity contribution in [3.8, 4) is 22.8 Å². The Hall–Kier alpha value is -2.90. The van der Waals surface area contributed by atoms with E-state index in [9.17, 15) is 0 Å². The first-order valence-electron chi connectivity index (χ1n) is 6.49. The highest BCUT2D eigenvalue weighted by Crippen LogP contribution is 2.28. The van der Waals surface area contributed by atoms with Gasteiger partial charge < -0.3 is 10.5 Å². The van der Waals surface area contributed by atoms with E-state index in [0.717, 1.165) is 11.3 Å². The van der Waals surface area contributed by atoms with Crippen molar-refractivity contribution in [3.63, 3.8) is 0 Å². The van der Waals surface area contributed by atoms with Crippen LogP contribution in [0.3, 0.4) is 0 Å². The maximum Gasteiger partial charge on any atom is 0.187 e. The van der Waals surface area contributed by atoms with Crippen LogP contribution in [0.15, 0.2) is 30.6 Å². The first-order chi connectivity index (χ1) is 10.2. The maximum absolute atomic E-state index is 5.99. The number of rotatable bonds is 4. The quantitative estimate of drug-likeness (QED) is 0.719. The average Bonchev–Trinajstić information content (AvgIpc) is 3.09. The van der Waals surface area contributed by atoms with Crippen LogP contribution in [0.4, 0.5) is 5.69 Å². The Kier molecular flexibility index (Phi) is 3.27. The summed E-state index contributed by atoms with van der Waals surface area (Å²) in [5, 5.41) is 15.9. The monoisotopic (exact) mass is 285 g/mol. The van der Waals surface area contributed by atoms with E-state index >= 15 is 0 Å². The molecule has 0 fully saturated rings. The molecule has 0 aliphatic heterocycles. The number of ether oxygens (including phenoxy) is 1. The van der Waals surface area contributed by atoms with Crippen molar-refractivity contribution in [2.24, 2.45) is 7.05 Å². The summed E-state index contributed by atoms with van der Waals surface area (Å²) in [6, 6.07) is 5.49. The van der Waals surface area contributed by atoms with Crippen LogP contribution in [0.1, 0.15) is 6.92 Å². The van der Waals surface area contributed by atoms with Crippen LogP contribution in [-0.4, -0.2) is 36.6 Å². The number of nitrogen functional groups attached to an aromatic ring is 1. The third-order valence-electron chi connectivity index (χ3n) is 2.97. The number of anilines is 1. The molecule has 0 spiro atoms. The predicted molar refractivity (Wildman–Crippen MR) is 76.9 cm³/mol. The molecule has 2 aromatic heterocycles. The van der Waals surface area contributed by atoms with Gasteiger partial charge in [0.1, 0.15) is 11.4 Å². The molecule has 3 aromatic rings. The van der Waals surface area contributed by atoms with Crippen molar-refractivity contribution in [3.05, 3.63) is 30.6 Å². The number of hydrogen-bond donors (Lipinski definition) is 1. The number of nitrogens with zero attached hydrogens (tertiary/aromatic N) is 6. The molecule has 0 atom stereocenters. The van der Waals surface area contributed by atoms with E-state index in [4.69, 9.17) is 10.5 Å². The van der Waals surface area contributed by atoms with Crippen LogP contribution in [0.5, 0.6) is 5.75 Å². The fraction of sp³-hybridized carbons (Fsp3) is 0.231. The van der Waals surface area contributed by atoms with E-state index in [-0.39, 0.29) is 0 Å². The fourth-order valence-electron chi connectivity index (χ4n) is 2.03. The molecule has 8 heteroatoms. The molecule has 2 heterocycles. The molecular formula is C13H15N7O.